The third-order valence-electron chi connectivity index (χ3n) is 1.75. The molecule has 0 atom stereocenters. The molecule has 2 rings (SSSR count). The molecular formula is C9H12ClN3. The minimum atomic E-state index is 0. The van der Waals surface area contributed by atoms with Crippen molar-refractivity contribution in [2.24, 2.45) is 0 Å². The maximum Gasteiger partial charge on any atom is 0.113 e. The molecule has 0 saturated heterocycles. The molecule has 1 heterocycles. The Labute approximate surface area is 83.2 Å². The van der Waals surface area contributed by atoms with E-state index >= 15 is 0 Å². The van der Waals surface area contributed by atoms with Crippen LogP contribution in [0.25, 0.3) is 11.0 Å². The first-order valence-electron chi connectivity index (χ1n) is 4.20. The summed E-state index contributed by atoms with van der Waals surface area (Å²) in [6, 6.07) is 7.92. The molecule has 4 heteroatoms. The summed E-state index contributed by atoms with van der Waals surface area (Å²) in [4.78, 5) is 1.75. The van der Waals surface area contributed by atoms with E-state index in [1.165, 1.54) is 0 Å². The largest absolute Gasteiger partial charge is 0.184 e. The van der Waals surface area contributed by atoms with Gasteiger partial charge in [-0.25, -0.2) is 0 Å². The van der Waals surface area contributed by atoms with Crippen LogP contribution in [0.15, 0.2) is 24.3 Å². The molecule has 1 aromatic heterocycles. The van der Waals surface area contributed by atoms with Crippen LogP contribution in [-0.4, -0.2) is 15.0 Å². The van der Waals surface area contributed by atoms with E-state index in [0.717, 1.165) is 24.0 Å². The van der Waals surface area contributed by atoms with Crippen LogP contribution < -0.4 is 0 Å². The first kappa shape index (κ1) is 9.99. The normalized spacial score (nSPS) is 9.92. The highest BCUT2D eigenvalue weighted by Crippen LogP contribution is 2.06. The fraction of sp³-hybridized carbons (Fsp3) is 0.333. The predicted molar refractivity (Wildman–Crippen MR) is 55.1 cm³/mol. The van der Waals surface area contributed by atoms with Crippen LogP contribution in [0.5, 0.6) is 0 Å². The second-order valence-electron chi connectivity index (χ2n) is 2.78. The number of hydrogen-bond acceptors (Lipinski definition) is 2. The van der Waals surface area contributed by atoms with E-state index < -0.39 is 0 Å². The number of aromatic nitrogens is 3. The first-order chi connectivity index (χ1) is 5.90. The van der Waals surface area contributed by atoms with Gasteiger partial charge in [-0.1, -0.05) is 19.1 Å². The zero-order valence-corrected chi connectivity index (χ0v) is 8.29. The highest BCUT2D eigenvalue weighted by molar-refractivity contribution is 5.85. The number of hydrogen-bond donors (Lipinski definition) is 0. The van der Waals surface area contributed by atoms with E-state index in [2.05, 4.69) is 17.1 Å². The maximum absolute atomic E-state index is 4.31. The molecule has 13 heavy (non-hydrogen) atoms. The lowest BCUT2D eigenvalue weighted by atomic mass is 10.3. The van der Waals surface area contributed by atoms with Gasteiger partial charge in [0.05, 0.1) is 6.54 Å². The molecule has 3 nitrogen and oxygen atoms in total. The molecule has 0 amide bonds. The summed E-state index contributed by atoms with van der Waals surface area (Å²) < 4.78 is 0. The molecule has 1 aromatic carbocycles. The van der Waals surface area contributed by atoms with Crippen molar-refractivity contribution in [1.82, 2.24) is 15.0 Å². The van der Waals surface area contributed by atoms with Crippen molar-refractivity contribution >= 4 is 23.4 Å². The first-order valence-corrected chi connectivity index (χ1v) is 4.20. The maximum atomic E-state index is 4.31. The highest BCUT2D eigenvalue weighted by Gasteiger charge is 1.98. The average molecular weight is 198 g/mol. The van der Waals surface area contributed by atoms with Gasteiger partial charge in [-0.2, -0.15) is 15.0 Å². The Balaban J connectivity index is 0.000000845. The van der Waals surface area contributed by atoms with Gasteiger partial charge in [0, 0.05) is 0 Å². The number of halogens is 1. The Kier molecular flexibility index (Phi) is 3.25. The smallest absolute Gasteiger partial charge is 0.113 e. The molecule has 0 spiro atoms. The second kappa shape index (κ2) is 4.23. The van der Waals surface area contributed by atoms with Crippen LogP contribution in [-0.2, 0) is 6.54 Å². The molecule has 0 unspecified atom stereocenters. The Bertz CT molecular complexity index is 350. The molecule has 0 aliphatic rings. The molecule has 0 fully saturated rings. The molecule has 2 aromatic rings. The van der Waals surface area contributed by atoms with Crippen molar-refractivity contribution in [2.45, 2.75) is 19.9 Å². The van der Waals surface area contributed by atoms with Crippen molar-refractivity contribution in [3.63, 3.8) is 0 Å². The lowest BCUT2D eigenvalue weighted by Gasteiger charge is -1.91. The lowest BCUT2D eigenvalue weighted by Crippen LogP contribution is -2.00. The fourth-order valence-electron chi connectivity index (χ4n) is 1.20. The monoisotopic (exact) mass is 197 g/mol. The summed E-state index contributed by atoms with van der Waals surface area (Å²) in [5, 5.41) is 8.62. The van der Waals surface area contributed by atoms with Gasteiger partial charge in [0.25, 0.3) is 0 Å². The van der Waals surface area contributed by atoms with Crippen molar-refractivity contribution in [3.8, 4) is 0 Å². The van der Waals surface area contributed by atoms with E-state index in [9.17, 15) is 0 Å². The SMILES string of the molecule is CCCn1nc2ccccc2n1.Cl. The summed E-state index contributed by atoms with van der Waals surface area (Å²) in [6.07, 6.45) is 1.07. The molecule has 0 aliphatic heterocycles. The number of nitrogens with zero attached hydrogens (tertiary/aromatic N) is 3. The van der Waals surface area contributed by atoms with E-state index in [-0.39, 0.29) is 12.4 Å². The summed E-state index contributed by atoms with van der Waals surface area (Å²) in [6.45, 7) is 3.02. The van der Waals surface area contributed by atoms with Crippen molar-refractivity contribution in [2.75, 3.05) is 0 Å². The van der Waals surface area contributed by atoms with Gasteiger partial charge in [0.15, 0.2) is 0 Å². The van der Waals surface area contributed by atoms with Crippen LogP contribution in [0.4, 0.5) is 0 Å². The zero-order chi connectivity index (χ0) is 8.39. The number of rotatable bonds is 2. The third kappa shape index (κ3) is 1.98. The van der Waals surface area contributed by atoms with Gasteiger partial charge in [-0.15, -0.1) is 12.4 Å². The van der Waals surface area contributed by atoms with Gasteiger partial charge in [0.2, 0.25) is 0 Å². The fourth-order valence-corrected chi connectivity index (χ4v) is 1.20. The Morgan fingerprint density at radius 1 is 1.15 bits per heavy atom. The topological polar surface area (TPSA) is 30.7 Å². The van der Waals surface area contributed by atoms with Crippen molar-refractivity contribution in [1.29, 1.82) is 0 Å². The van der Waals surface area contributed by atoms with Gasteiger partial charge >= 0.3 is 0 Å². The van der Waals surface area contributed by atoms with Gasteiger partial charge < -0.3 is 0 Å². The number of fused-ring (bicyclic) bond motifs is 1. The standard InChI is InChI=1S/C9H11N3.ClH/c1-2-7-12-10-8-5-3-4-6-9(8)11-12;/h3-6H,2,7H2,1H3;1H. The van der Waals surface area contributed by atoms with Crippen molar-refractivity contribution < 1.29 is 0 Å². The predicted octanol–water partition coefficient (Wildman–Crippen LogP) is 2.26. The molecule has 70 valence electrons. The van der Waals surface area contributed by atoms with Crippen molar-refractivity contribution in [3.05, 3.63) is 24.3 Å². The molecule has 0 saturated carbocycles. The van der Waals surface area contributed by atoms with E-state index in [0.29, 0.717) is 0 Å². The van der Waals surface area contributed by atoms with Crippen LogP contribution in [0.2, 0.25) is 0 Å². The number of aryl methyl sites for hydroxylation is 1. The summed E-state index contributed by atoms with van der Waals surface area (Å²) in [5.74, 6) is 0. The molecule has 0 N–H and O–H groups in total. The molecule has 0 bridgehead atoms. The van der Waals surface area contributed by atoms with Crippen LogP contribution in [0.3, 0.4) is 0 Å². The minimum absolute atomic E-state index is 0. The molecular weight excluding hydrogens is 186 g/mol. The second-order valence-corrected chi connectivity index (χ2v) is 2.78. The van der Waals surface area contributed by atoms with E-state index in [1.54, 1.807) is 4.80 Å². The van der Waals surface area contributed by atoms with E-state index in [1.807, 2.05) is 24.3 Å². The summed E-state index contributed by atoms with van der Waals surface area (Å²) in [5.41, 5.74) is 1.96. The number of benzene rings is 1. The van der Waals surface area contributed by atoms with Crippen LogP contribution >= 0.6 is 12.4 Å². The van der Waals surface area contributed by atoms with Gasteiger partial charge in [-0.05, 0) is 18.6 Å². The zero-order valence-electron chi connectivity index (χ0n) is 7.47. The third-order valence-corrected chi connectivity index (χ3v) is 1.75. The molecule has 0 aliphatic carbocycles. The van der Waals surface area contributed by atoms with Crippen LogP contribution in [0, 0.1) is 0 Å². The molecule has 0 radical (unpaired) electrons. The Morgan fingerprint density at radius 3 is 2.15 bits per heavy atom. The average Bonchev–Trinajstić information content (AvgIpc) is 2.47. The lowest BCUT2D eigenvalue weighted by molar-refractivity contribution is 0.535. The van der Waals surface area contributed by atoms with Gasteiger partial charge in [0.1, 0.15) is 11.0 Å². The van der Waals surface area contributed by atoms with Gasteiger partial charge in [-0.3, -0.25) is 0 Å². The quantitative estimate of drug-likeness (QED) is 0.740. The van der Waals surface area contributed by atoms with E-state index in [4.69, 9.17) is 0 Å². The summed E-state index contributed by atoms with van der Waals surface area (Å²) >= 11 is 0. The Morgan fingerprint density at radius 2 is 1.69 bits per heavy atom. The summed E-state index contributed by atoms with van der Waals surface area (Å²) in [7, 11) is 0. The van der Waals surface area contributed by atoms with Crippen LogP contribution in [0.1, 0.15) is 13.3 Å². The minimum Gasteiger partial charge on any atom is -0.184 e. The highest BCUT2D eigenvalue weighted by atomic mass is 35.5. The Hall–Kier alpha value is -1.09.